The molecule has 0 aliphatic heterocycles. The van der Waals surface area contributed by atoms with Crippen LogP contribution in [0.25, 0.3) is 0 Å². The first kappa shape index (κ1) is 18.8. The second-order valence-electron chi connectivity index (χ2n) is 4.95. The molecule has 0 unspecified atom stereocenters. The van der Waals surface area contributed by atoms with Crippen molar-refractivity contribution in [2.45, 2.75) is 20.8 Å². The van der Waals surface area contributed by atoms with Gasteiger partial charge in [0, 0.05) is 29.0 Å². The van der Waals surface area contributed by atoms with Crippen LogP contribution in [0.2, 0.25) is 0 Å². The maximum absolute atomic E-state index is 11.8. The van der Waals surface area contributed by atoms with E-state index in [4.69, 9.17) is 14.2 Å². The van der Waals surface area contributed by atoms with E-state index in [1.54, 1.807) is 0 Å². The molecule has 0 radical (unpaired) electrons. The normalized spacial score (nSPS) is 9.62. The van der Waals surface area contributed by atoms with Gasteiger partial charge in [-0.15, -0.1) is 0 Å². The molecule has 24 heavy (non-hydrogen) atoms. The molecule has 7 heteroatoms. The predicted octanol–water partition coefficient (Wildman–Crippen LogP) is 2.53. The molecule has 1 heterocycles. The SMILES string of the molecule is C=C(C)C(=O)Oc1ccnc(OC(=O)C(=C)C)c1OC(=O)C(=C)C. The first-order chi connectivity index (χ1) is 11.1. The Hall–Kier alpha value is -3.22. The van der Waals surface area contributed by atoms with E-state index in [1.165, 1.54) is 33.0 Å². The van der Waals surface area contributed by atoms with Gasteiger partial charge in [-0.05, 0) is 20.8 Å². The Morgan fingerprint density at radius 1 is 0.833 bits per heavy atom. The lowest BCUT2D eigenvalue weighted by atomic mass is 10.3. The predicted molar refractivity (Wildman–Crippen MR) is 85.6 cm³/mol. The zero-order valence-corrected chi connectivity index (χ0v) is 13.7. The van der Waals surface area contributed by atoms with E-state index in [0.717, 1.165) is 0 Å². The van der Waals surface area contributed by atoms with Gasteiger partial charge >= 0.3 is 17.9 Å². The Labute approximate surface area is 139 Å². The Kier molecular flexibility index (Phi) is 6.17. The molecule has 1 aromatic heterocycles. The van der Waals surface area contributed by atoms with Crippen LogP contribution < -0.4 is 14.2 Å². The maximum Gasteiger partial charge on any atom is 0.339 e. The third kappa shape index (κ3) is 4.91. The fourth-order valence-electron chi connectivity index (χ4n) is 1.20. The van der Waals surface area contributed by atoms with E-state index < -0.39 is 17.9 Å². The Morgan fingerprint density at radius 3 is 1.79 bits per heavy atom. The average Bonchev–Trinajstić information content (AvgIpc) is 2.49. The van der Waals surface area contributed by atoms with Gasteiger partial charge in [-0.2, -0.15) is 0 Å². The zero-order valence-electron chi connectivity index (χ0n) is 13.7. The summed E-state index contributed by atoms with van der Waals surface area (Å²) in [7, 11) is 0. The van der Waals surface area contributed by atoms with Gasteiger partial charge in [0.25, 0.3) is 5.88 Å². The quantitative estimate of drug-likeness (QED) is 0.584. The summed E-state index contributed by atoms with van der Waals surface area (Å²) in [5.41, 5.74) is 0.330. The van der Waals surface area contributed by atoms with Crippen LogP contribution in [-0.2, 0) is 14.4 Å². The summed E-state index contributed by atoms with van der Waals surface area (Å²) in [6.07, 6.45) is 1.22. The molecule has 0 aliphatic carbocycles. The lowest BCUT2D eigenvalue weighted by molar-refractivity contribution is -0.133. The highest BCUT2D eigenvalue weighted by atomic mass is 16.6. The summed E-state index contributed by atoms with van der Waals surface area (Å²) in [4.78, 5) is 39.0. The van der Waals surface area contributed by atoms with Gasteiger partial charge in [-0.1, -0.05) is 19.7 Å². The minimum atomic E-state index is -0.803. The van der Waals surface area contributed by atoms with Gasteiger partial charge in [0.1, 0.15) is 0 Å². The third-order valence-corrected chi connectivity index (χ3v) is 2.47. The average molecular weight is 331 g/mol. The minimum absolute atomic E-state index is 0.0909. The fraction of sp³-hybridized carbons (Fsp3) is 0.176. The summed E-state index contributed by atoms with van der Waals surface area (Å²) >= 11 is 0. The van der Waals surface area contributed by atoms with Crippen molar-refractivity contribution in [1.82, 2.24) is 4.98 Å². The highest BCUT2D eigenvalue weighted by molar-refractivity contribution is 5.92. The smallest absolute Gasteiger partial charge is 0.339 e. The maximum atomic E-state index is 11.8. The highest BCUT2D eigenvalue weighted by Crippen LogP contribution is 2.36. The second-order valence-corrected chi connectivity index (χ2v) is 4.95. The van der Waals surface area contributed by atoms with Crippen LogP contribution in [0.5, 0.6) is 17.4 Å². The summed E-state index contributed by atoms with van der Waals surface area (Å²) < 4.78 is 15.2. The summed E-state index contributed by atoms with van der Waals surface area (Å²) in [6.45, 7) is 14.7. The molecular weight excluding hydrogens is 314 g/mol. The van der Waals surface area contributed by atoms with Crippen molar-refractivity contribution >= 4 is 17.9 Å². The number of aromatic nitrogens is 1. The molecule has 126 valence electrons. The minimum Gasteiger partial charge on any atom is -0.419 e. The van der Waals surface area contributed by atoms with Crippen LogP contribution in [-0.4, -0.2) is 22.9 Å². The van der Waals surface area contributed by atoms with Gasteiger partial charge in [0.05, 0.1) is 0 Å². The van der Waals surface area contributed by atoms with Crippen molar-refractivity contribution in [3.05, 3.63) is 48.7 Å². The van der Waals surface area contributed by atoms with Crippen LogP contribution >= 0.6 is 0 Å². The standard InChI is InChI=1S/C17H17NO6/c1-9(2)15(19)22-12-7-8-18-14(24-17(21)11(5)6)13(12)23-16(20)10(3)4/h7-8H,1,3,5H2,2,4,6H3. The molecular formula is C17H17NO6. The van der Waals surface area contributed by atoms with E-state index in [2.05, 4.69) is 24.7 Å². The molecule has 0 saturated heterocycles. The lowest BCUT2D eigenvalue weighted by Crippen LogP contribution is -2.16. The van der Waals surface area contributed by atoms with Crippen molar-refractivity contribution in [2.75, 3.05) is 0 Å². The molecule has 7 nitrogen and oxygen atoms in total. The third-order valence-electron chi connectivity index (χ3n) is 2.47. The van der Waals surface area contributed by atoms with Crippen LogP contribution in [0.15, 0.2) is 48.7 Å². The number of hydrogen-bond acceptors (Lipinski definition) is 7. The van der Waals surface area contributed by atoms with Gasteiger partial charge < -0.3 is 14.2 Å². The summed E-state index contributed by atoms with van der Waals surface area (Å²) in [5, 5.41) is 0. The number of hydrogen-bond donors (Lipinski definition) is 0. The molecule has 1 rings (SSSR count). The van der Waals surface area contributed by atoms with Gasteiger partial charge in [-0.3, -0.25) is 0 Å². The molecule has 0 aliphatic rings. The number of pyridine rings is 1. The van der Waals surface area contributed by atoms with Crippen molar-refractivity contribution < 1.29 is 28.6 Å². The molecule has 0 saturated carbocycles. The Bertz CT molecular complexity index is 701. The van der Waals surface area contributed by atoms with Gasteiger partial charge in [0.2, 0.25) is 5.75 Å². The van der Waals surface area contributed by atoms with E-state index in [0.29, 0.717) is 0 Å². The first-order valence-corrected chi connectivity index (χ1v) is 6.75. The Balaban J connectivity index is 3.31. The zero-order chi connectivity index (χ0) is 18.4. The van der Waals surface area contributed by atoms with Crippen LogP contribution in [0.1, 0.15) is 20.8 Å². The fourth-order valence-corrected chi connectivity index (χ4v) is 1.20. The molecule has 0 N–H and O–H groups in total. The monoisotopic (exact) mass is 331 g/mol. The molecule has 0 bridgehead atoms. The van der Waals surface area contributed by atoms with Gasteiger partial charge in [0.15, 0.2) is 5.75 Å². The lowest BCUT2D eigenvalue weighted by Gasteiger charge is -2.13. The van der Waals surface area contributed by atoms with Crippen LogP contribution in [0, 0.1) is 0 Å². The number of carbonyl (C=O) groups excluding carboxylic acids is 3. The number of carbonyl (C=O) groups is 3. The number of rotatable bonds is 6. The first-order valence-electron chi connectivity index (χ1n) is 6.75. The van der Waals surface area contributed by atoms with Crippen molar-refractivity contribution in [3.63, 3.8) is 0 Å². The molecule has 0 aromatic carbocycles. The highest BCUT2D eigenvalue weighted by Gasteiger charge is 2.22. The second kappa shape index (κ2) is 7.87. The molecule has 0 amide bonds. The van der Waals surface area contributed by atoms with E-state index >= 15 is 0 Å². The number of ether oxygens (including phenoxy) is 3. The molecule has 0 atom stereocenters. The van der Waals surface area contributed by atoms with Crippen LogP contribution in [0.4, 0.5) is 0 Å². The Morgan fingerprint density at radius 2 is 1.29 bits per heavy atom. The summed E-state index contributed by atoms with van der Waals surface area (Å²) in [5.74, 6) is -3.15. The van der Waals surface area contributed by atoms with Gasteiger partial charge in [-0.25, -0.2) is 19.4 Å². The number of nitrogens with zero attached hydrogens (tertiary/aromatic N) is 1. The van der Waals surface area contributed by atoms with E-state index in [-0.39, 0.29) is 34.1 Å². The van der Waals surface area contributed by atoms with Crippen molar-refractivity contribution in [2.24, 2.45) is 0 Å². The van der Waals surface area contributed by atoms with E-state index in [9.17, 15) is 14.4 Å². The van der Waals surface area contributed by atoms with E-state index in [1.807, 2.05) is 0 Å². The van der Waals surface area contributed by atoms with Crippen molar-refractivity contribution in [1.29, 1.82) is 0 Å². The van der Waals surface area contributed by atoms with Crippen LogP contribution in [0.3, 0.4) is 0 Å². The largest absolute Gasteiger partial charge is 0.419 e. The van der Waals surface area contributed by atoms with Crippen molar-refractivity contribution in [3.8, 4) is 17.4 Å². The summed E-state index contributed by atoms with van der Waals surface area (Å²) in [6, 6.07) is 1.28. The number of esters is 3. The topological polar surface area (TPSA) is 91.8 Å². The molecule has 0 spiro atoms. The molecule has 0 fully saturated rings. The molecule has 1 aromatic rings.